The number of halogens is 2. The molecular formula is C9H8F2N2O4. The molecule has 0 aliphatic carbocycles. The maximum absolute atomic E-state index is 12.0. The van der Waals surface area contributed by atoms with Crippen molar-refractivity contribution in [2.24, 2.45) is 0 Å². The molecule has 0 fully saturated rings. The lowest BCUT2D eigenvalue weighted by Crippen LogP contribution is -2.10. The molecule has 2 N–H and O–H groups in total. The highest BCUT2D eigenvalue weighted by Crippen LogP contribution is 2.33. The van der Waals surface area contributed by atoms with Crippen molar-refractivity contribution < 1.29 is 23.2 Å². The van der Waals surface area contributed by atoms with Crippen LogP contribution >= 0.6 is 0 Å². The highest BCUT2D eigenvalue weighted by atomic mass is 19.3. The number of ketones is 1. The van der Waals surface area contributed by atoms with E-state index in [-0.39, 0.29) is 0 Å². The van der Waals surface area contributed by atoms with Crippen LogP contribution in [0, 0.1) is 10.1 Å². The van der Waals surface area contributed by atoms with Gasteiger partial charge in [0.2, 0.25) is 0 Å². The summed E-state index contributed by atoms with van der Waals surface area (Å²) >= 11 is 0. The first kappa shape index (κ1) is 12.8. The number of Topliss-reactive ketones (excluding diaryl/α,β-unsaturated/α-hetero) is 1. The lowest BCUT2D eigenvalue weighted by atomic mass is 10.1. The predicted molar refractivity (Wildman–Crippen MR) is 54.1 cm³/mol. The van der Waals surface area contributed by atoms with Crippen molar-refractivity contribution in [1.82, 2.24) is 0 Å². The Bertz CT molecular complexity index is 476. The molecule has 17 heavy (non-hydrogen) atoms. The summed E-state index contributed by atoms with van der Waals surface area (Å²) in [5.74, 6) is -1.16. The Morgan fingerprint density at radius 3 is 2.53 bits per heavy atom. The average molecular weight is 246 g/mol. The molecular weight excluding hydrogens is 238 g/mol. The smallest absolute Gasteiger partial charge is 0.387 e. The molecule has 0 radical (unpaired) electrons. The van der Waals surface area contributed by atoms with Gasteiger partial charge < -0.3 is 10.5 Å². The second-order valence-corrected chi connectivity index (χ2v) is 3.06. The Kier molecular flexibility index (Phi) is 3.56. The number of alkyl halides is 2. The van der Waals surface area contributed by atoms with E-state index in [1.807, 2.05) is 0 Å². The molecule has 0 spiro atoms. The predicted octanol–water partition coefficient (Wildman–Crippen LogP) is 1.98. The van der Waals surface area contributed by atoms with Crippen molar-refractivity contribution in [3.05, 3.63) is 27.8 Å². The number of hydrogen-bond donors (Lipinski definition) is 1. The minimum atomic E-state index is -3.13. The largest absolute Gasteiger partial charge is 0.433 e. The first-order valence-electron chi connectivity index (χ1n) is 4.37. The molecule has 1 rings (SSSR count). The highest BCUT2D eigenvalue weighted by Gasteiger charge is 2.24. The standard InChI is InChI=1S/C9H8F2N2O4/c1-4(14)7-5(13(15)16)2-3-6(8(7)12)17-9(10)11/h2-3,9H,12H2,1H3. The van der Waals surface area contributed by atoms with E-state index in [1.54, 1.807) is 0 Å². The molecule has 1 aromatic rings. The van der Waals surface area contributed by atoms with Gasteiger partial charge in [0.1, 0.15) is 11.3 Å². The fourth-order valence-corrected chi connectivity index (χ4v) is 1.31. The minimum Gasteiger partial charge on any atom is -0.433 e. The zero-order valence-electron chi connectivity index (χ0n) is 8.65. The summed E-state index contributed by atoms with van der Waals surface area (Å²) in [4.78, 5) is 21.0. The van der Waals surface area contributed by atoms with Gasteiger partial charge in [-0.15, -0.1) is 0 Å². The first-order valence-corrected chi connectivity index (χ1v) is 4.37. The summed E-state index contributed by atoms with van der Waals surface area (Å²) in [6, 6.07) is 1.82. The number of nitrogens with zero attached hydrogens (tertiary/aromatic N) is 1. The summed E-state index contributed by atoms with van der Waals surface area (Å²) in [5.41, 5.74) is 3.94. The molecule has 0 bridgehead atoms. The zero-order chi connectivity index (χ0) is 13.2. The molecule has 0 aromatic heterocycles. The summed E-state index contributed by atoms with van der Waals surface area (Å²) in [6.45, 7) is -2.08. The molecule has 0 unspecified atom stereocenters. The second-order valence-electron chi connectivity index (χ2n) is 3.06. The van der Waals surface area contributed by atoms with Crippen molar-refractivity contribution in [3.63, 3.8) is 0 Å². The SMILES string of the molecule is CC(=O)c1c([N+](=O)[O-])ccc(OC(F)F)c1N. The van der Waals surface area contributed by atoms with Crippen molar-refractivity contribution in [2.75, 3.05) is 5.73 Å². The maximum Gasteiger partial charge on any atom is 0.387 e. The van der Waals surface area contributed by atoms with Crippen LogP contribution in [-0.4, -0.2) is 17.3 Å². The van der Waals surface area contributed by atoms with Gasteiger partial charge >= 0.3 is 6.61 Å². The van der Waals surface area contributed by atoms with Gasteiger partial charge in [0.15, 0.2) is 5.78 Å². The van der Waals surface area contributed by atoms with Gasteiger partial charge in [-0.1, -0.05) is 0 Å². The Balaban J connectivity index is 3.38. The Labute approximate surface area is 94.1 Å². The third-order valence-corrected chi connectivity index (χ3v) is 1.95. The van der Waals surface area contributed by atoms with E-state index in [1.165, 1.54) is 0 Å². The number of carbonyl (C=O) groups is 1. The van der Waals surface area contributed by atoms with E-state index in [0.717, 1.165) is 19.1 Å². The molecule has 0 amide bonds. The van der Waals surface area contributed by atoms with Crippen LogP contribution in [-0.2, 0) is 0 Å². The monoisotopic (exact) mass is 246 g/mol. The van der Waals surface area contributed by atoms with Crippen LogP contribution in [0.25, 0.3) is 0 Å². The van der Waals surface area contributed by atoms with Crippen molar-refractivity contribution in [1.29, 1.82) is 0 Å². The molecule has 8 heteroatoms. The van der Waals surface area contributed by atoms with Crippen LogP contribution in [0.5, 0.6) is 5.75 Å². The normalized spacial score (nSPS) is 10.4. The number of nitro groups is 1. The number of nitrogens with two attached hydrogens (primary N) is 1. The van der Waals surface area contributed by atoms with Gasteiger partial charge in [-0.2, -0.15) is 8.78 Å². The minimum absolute atomic E-state index is 0.437. The van der Waals surface area contributed by atoms with Crippen LogP contribution in [0.15, 0.2) is 12.1 Å². The van der Waals surface area contributed by atoms with Crippen LogP contribution in [0.2, 0.25) is 0 Å². The summed E-state index contributed by atoms with van der Waals surface area (Å²) in [5, 5.41) is 10.6. The average Bonchev–Trinajstić information content (AvgIpc) is 2.19. The van der Waals surface area contributed by atoms with E-state index >= 15 is 0 Å². The highest BCUT2D eigenvalue weighted by molar-refractivity contribution is 6.04. The summed E-state index contributed by atoms with van der Waals surface area (Å²) in [6.07, 6.45) is 0. The number of anilines is 1. The summed E-state index contributed by atoms with van der Waals surface area (Å²) < 4.78 is 28.0. The summed E-state index contributed by atoms with van der Waals surface area (Å²) in [7, 11) is 0. The quantitative estimate of drug-likeness (QED) is 0.379. The second kappa shape index (κ2) is 4.73. The van der Waals surface area contributed by atoms with Crippen molar-refractivity contribution in [3.8, 4) is 5.75 Å². The fourth-order valence-electron chi connectivity index (χ4n) is 1.31. The third kappa shape index (κ3) is 2.65. The molecule has 0 saturated heterocycles. The Morgan fingerprint density at radius 2 is 2.12 bits per heavy atom. The van der Waals surface area contributed by atoms with E-state index < -0.39 is 40.0 Å². The van der Waals surface area contributed by atoms with Crippen molar-refractivity contribution in [2.45, 2.75) is 13.5 Å². The number of hydrogen-bond acceptors (Lipinski definition) is 5. The maximum atomic E-state index is 12.0. The number of rotatable bonds is 4. The molecule has 0 heterocycles. The molecule has 6 nitrogen and oxygen atoms in total. The van der Waals surface area contributed by atoms with Gasteiger partial charge in [0, 0.05) is 6.07 Å². The zero-order valence-corrected chi connectivity index (χ0v) is 8.65. The number of nitrogen functional groups attached to an aromatic ring is 1. The van der Waals surface area contributed by atoms with E-state index in [4.69, 9.17) is 5.73 Å². The molecule has 0 aliphatic heterocycles. The van der Waals surface area contributed by atoms with Gasteiger partial charge in [0.25, 0.3) is 5.69 Å². The van der Waals surface area contributed by atoms with Gasteiger partial charge in [0.05, 0.1) is 10.6 Å². The van der Waals surface area contributed by atoms with Gasteiger partial charge in [-0.05, 0) is 13.0 Å². The van der Waals surface area contributed by atoms with Crippen LogP contribution in [0.4, 0.5) is 20.2 Å². The Morgan fingerprint density at radius 1 is 1.53 bits per heavy atom. The van der Waals surface area contributed by atoms with E-state index in [2.05, 4.69) is 4.74 Å². The topological polar surface area (TPSA) is 95.5 Å². The molecule has 0 aliphatic rings. The number of carbonyl (C=O) groups excluding carboxylic acids is 1. The third-order valence-electron chi connectivity index (χ3n) is 1.95. The van der Waals surface area contributed by atoms with Gasteiger partial charge in [-0.25, -0.2) is 0 Å². The number of ether oxygens (including phenoxy) is 1. The van der Waals surface area contributed by atoms with E-state index in [0.29, 0.717) is 0 Å². The van der Waals surface area contributed by atoms with E-state index in [9.17, 15) is 23.7 Å². The van der Waals surface area contributed by atoms with Crippen LogP contribution in [0.3, 0.4) is 0 Å². The first-order chi connectivity index (χ1) is 7.84. The van der Waals surface area contributed by atoms with Crippen LogP contribution in [0.1, 0.15) is 17.3 Å². The number of benzene rings is 1. The van der Waals surface area contributed by atoms with Crippen LogP contribution < -0.4 is 10.5 Å². The Hall–Kier alpha value is -2.25. The lowest BCUT2D eigenvalue weighted by molar-refractivity contribution is -0.385. The molecule has 0 saturated carbocycles. The molecule has 0 atom stereocenters. The van der Waals surface area contributed by atoms with Crippen molar-refractivity contribution >= 4 is 17.2 Å². The fraction of sp³-hybridized carbons (Fsp3) is 0.222. The lowest BCUT2D eigenvalue weighted by Gasteiger charge is -2.10. The molecule has 92 valence electrons. The number of nitro benzene ring substituents is 1. The van der Waals surface area contributed by atoms with Gasteiger partial charge in [-0.3, -0.25) is 14.9 Å². The molecule has 1 aromatic carbocycles.